The van der Waals surface area contributed by atoms with Crippen molar-refractivity contribution in [2.75, 3.05) is 25.1 Å². The van der Waals surface area contributed by atoms with E-state index in [0.29, 0.717) is 23.5 Å². The lowest BCUT2D eigenvalue weighted by atomic mass is 10.0. The Morgan fingerprint density at radius 1 is 1.13 bits per heavy atom. The summed E-state index contributed by atoms with van der Waals surface area (Å²) < 4.78 is 7.10. The molecule has 1 amide bonds. The molecule has 2 aromatic heterocycles. The van der Waals surface area contributed by atoms with E-state index in [1.54, 1.807) is 24.3 Å². The molecule has 3 aromatic rings. The minimum absolute atomic E-state index is 0.0694. The number of likely N-dealkylation sites (tertiary alicyclic amines) is 1. The number of piperidine rings is 1. The number of amides is 1. The van der Waals surface area contributed by atoms with Gasteiger partial charge in [0, 0.05) is 44.0 Å². The second kappa shape index (κ2) is 7.59. The number of fused-ring (bicyclic) bond motifs is 1. The molecule has 156 valence electrons. The van der Waals surface area contributed by atoms with Crippen molar-refractivity contribution in [2.45, 2.75) is 37.8 Å². The summed E-state index contributed by atoms with van der Waals surface area (Å²) in [6.07, 6.45) is 7.76. The third-order valence-electron chi connectivity index (χ3n) is 6.14. The number of aryl methyl sites for hydroxylation is 1. The zero-order valence-electron chi connectivity index (χ0n) is 17.4. The van der Waals surface area contributed by atoms with Crippen LogP contribution < -0.4 is 9.64 Å². The number of nitrogens with zero attached hydrogens (tertiary/aromatic N) is 6. The number of hydrogen-bond donors (Lipinski definition) is 0. The van der Waals surface area contributed by atoms with Gasteiger partial charge < -0.3 is 14.5 Å². The zero-order chi connectivity index (χ0) is 20.7. The topological polar surface area (TPSA) is 76.4 Å². The van der Waals surface area contributed by atoms with E-state index in [4.69, 9.17) is 4.74 Å². The SMILES string of the molecule is COc1c2ccc(C(=O)N3CCC(N(c4ccncn4)C4CC4)CC3)cc2nn1C. The Bertz CT molecular complexity index is 1050. The molecule has 8 nitrogen and oxygen atoms in total. The van der Waals surface area contributed by atoms with Crippen LogP contribution in [0.3, 0.4) is 0 Å². The van der Waals surface area contributed by atoms with Gasteiger partial charge >= 0.3 is 0 Å². The van der Waals surface area contributed by atoms with Gasteiger partial charge in [-0.1, -0.05) is 0 Å². The highest BCUT2D eigenvalue weighted by Gasteiger charge is 2.37. The highest BCUT2D eigenvalue weighted by molar-refractivity contribution is 5.98. The van der Waals surface area contributed by atoms with E-state index < -0.39 is 0 Å². The molecule has 5 rings (SSSR count). The average Bonchev–Trinajstić information content (AvgIpc) is 3.55. The standard InChI is InChI=1S/C22H26N6O2/c1-26-22(30-2)18-6-3-15(13-19(18)25-26)21(29)27-11-8-17(9-12-27)28(16-4-5-16)20-7-10-23-14-24-20/h3,6-7,10,13-14,16-17H,4-5,8-9,11-12H2,1-2H3. The highest BCUT2D eigenvalue weighted by Crippen LogP contribution is 2.35. The fraction of sp³-hybridized carbons (Fsp3) is 0.455. The number of benzene rings is 1. The molecular formula is C22H26N6O2. The Labute approximate surface area is 175 Å². The molecule has 1 saturated heterocycles. The predicted molar refractivity (Wildman–Crippen MR) is 114 cm³/mol. The lowest BCUT2D eigenvalue weighted by Crippen LogP contribution is -2.48. The summed E-state index contributed by atoms with van der Waals surface area (Å²) >= 11 is 0. The van der Waals surface area contributed by atoms with E-state index in [1.165, 1.54) is 12.8 Å². The van der Waals surface area contributed by atoms with Crippen LogP contribution in [0, 0.1) is 0 Å². The maximum atomic E-state index is 13.1. The first-order valence-corrected chi connectivity index (χ1v) is 10.5. The van der Waals surface area contributed by atoms with Crippen molar-refractivity contribution in [2.24, 2.45) is 7.05 Å². The second-order valence-electron chi connectivity index (χ2n) is 8.09. The quantitative estimate of drug-likeness (QED) is 0.648. The number of methoxy groups -OCH3 is 1. The van der Waals surface area contributed by atoms with Crippen LogP contribution in [0.15, 0.2) is 36.8 Å². The van der Waals surface area contributed by atoms with Gasteiger partial charge in [-0.15, -0.1) is 0 Å². The Hall–Kier alpha value is -3.16. The molecular weight excluding hydrogens is 380 g/mol. The number of aromatic nitrogens is 4. The fourth-order valence-electron chi connectivity index (χ4n) is 4.54. The monoisotopic (exact) mass is 406 g/mol. The average molecular weight is 406 g/mol. The number of carbonyl (C=O) groups excluding carboxylic acids is 1. The van der Waals surface area contributed by atoms with E-state index in [0.717, 1.165) is 42.7 Å². The lowest BCUT2D eigenvalue weighted by Gasteiger charge is -2.39. The van der Waals surface area contributed by atoms with Crippen molar-refractivity contribution >= 4 is 22.6 Å². The third-order valence-corrected chi connectivity index (χ3v) is 6.14. The van der Waals surface area contributed by atoms with Crippen LogP contribution in [-0.2, 0) is 7.05 Å². The second-order valence-corrected chi connectivity index (χ2v) is 8.09. The number of anilines is 1. The van der Waals surface area contributed by atoms with E-state index in [2.05, 4.69) is 20.0 Å². The van der Waals surface area contributed by atoms with Crippen LogP contribution in [0.25, 0.3) is 10.9 Å². The summed E-state index contributed by atoms with van der Waals surface area (Å²) in [6, 6.07) is 8.65. The summed E-state index contributed by atoms with van der Waals surface area (Å²) in [5.74, 6) is 1.78. The lowest BCUT2D eigenvalue weighted by molar-refractivity contribution is 0.0712. The molecule has 3 heterocycles. The van der Waals surface area contributed by atoms with Crippen molar-refractivity contribution in [3.8, 4) is 5.88 Å². The van der Waals surface area contributed by atoms with Crippen molar-refractivity contribution in [3.05, 3.63) is 42.4 Å². The summed E-state index contributed by atoms with van der Waals surface area (Å²) in [5, 5.41) is 5.39. The van der Waals surface area contributed by atoms with Gasteiger partial charge in [0.2, 0.25) is 5.88 Å². The molecule has 1 saturated carbocycles. The molecule has 0 atom stereocenters. The minimum atomic E-state index is 0.0694. The first-order chi connectivity index (χ1) is 14.7. The highest BCUT2D eigenvalue weighted by atomic mass is 16.5. The number of carbonyl (C=O) groups is 1. The van der Waals surface area contributed by atoms with Gasteiger partial charge in [-0.25, -0.2) is 14.6 Å². The van der Waals surface area contributed by atoms with Crippen LogP contribution in [0.5, 0.6) is 5.88 Å². The van der Waals surface area contributed by atoms with Gasteiger partial charge in [0.1, 0.15) is 12.1 Å². The smallest absolute Gasteiger partial charge is 0.253 e. The molecule has 0 bridgehead atoms. The van der Waals surface area contributed by atoms with E-state index in [-0.39, 0.29) is 5.91 Å². The maximum absolute atomic E-state index is 13.1. The largest absolute Gasteiger partial charge is 0.481 e. The third kappa shape index (κ3) is 3.36. The molecule has 0 N–H and O–H groups in total. The molecule has 0 radical (unpaired) electrons. The normalized spacial score (nSPS) is 17.3. The van der Waals surface area contributed by atoms with Crippen molar-refractivity contribution in [1.29, 1.82) is 0 Å². The molecule has 1 aliphatic heterocycles. The Balaban J connectivity index is 1.29. The zero-order valence-corrected chi connectivity index (χ0v) is 17.4. The van der Waals surface area contributed by atoms with Crippen molar-refractivity contribution in [3.63, 3.8) is 0 Å². The van der Waals surface area contributed by atoms with Gasteiger partial charge in [0.25, 0.3) is 5.91 Å². The number of rotatable bonds is 5. The molecule has 8 heteroatoms. The Kier molecular flexibility index (Phi) is 4.77. The fourth-order valence-corrected chi connectivity index (χ4v) is 4.54. The molecule has 1 aromatic carbocycles. The number of ether oxygens (including phenoxy) is 1. The maximum Gasteiger partial charge on any atom is 0.253 e. The predicted octanol–water partition coefficient (Wildman–Crippen LogP) is 2.65. The van der Waals surface area contributed by atoms with Crippen LogP contribution in [0.1, 0.15) is 36.0 Å². The summed E-state index contributed by atoms with van der Waals surface area (Å²) in [4.78, 5) is 26.1. The van der Waals surface area contributed by atoms with Crippen molar-refractivity contribution in [1.82, 2.24) is 24.6 Å². The summed E-state index contributed by atoms with van der Waals surface area (Å²) in [5.41, 5.74) is 1.45. The first kappa shape index (κ1) is 18.8. The molecule has 2 fully saturated rings. The van der Waals surface area contributed by atoms with Gasteiger partial charge in [-0.05, 0) is 49.9 Å². The van der Waals surface area contributed by atoms with E-state index in [9.17, 15) is 4.79 Å². The minimum Gasteiger partial charge on any atom is -0.481 e. The van der Waals surface area contributed by atoms with Crippen LogP contribution >= 0.6 is 0 Å². The molecule has 1 aliphatic carbocycles. The Morgan fingerprint density at radius 2 is 1.90 bits per heavy atom. The summed E-state index contributed by atoms with van der Waals surface area (Å²) in [6.45, 7) is 1.50. The first-order valence-electron chi connectivity index (χ1n) is 10.5. The van der Waals surface area contributed by atoms with Crippen LogP contribution in [0.2, 0.25) is 0 Å². The Morgan fingerprint density at radius 3 is 2.57 bits per heavy atom. The van der Waals surface area contributed by atoms with Crippen LogP contribution in [-0.4, -0.2) is 62.8 Å². The molecule has 2 aliphatic rings. The molecule has 0 spiro atoms. The van der Waals surface area contributed by atoms with E-state index in [1.807, 2.05) is 36.2 Å². The molecule has 30 heavy (non-hydrogen) atoms. The van der Waals surface area contributed by atoms with Gasteiger partial charge in [-0.2, -0.15) is 5.10 Å². The van der Waals surface area contributed by atoms with Crippen molar-refractivity contribution < 1.29 is 9.53 Å². The van der Waals surface area contributed by atoms with Gasteiger partial charge in [0.15, 0.2) is 0 Å². The van der Waals surface area contributed by atoms with Gasteiger partial charge in [0.05, 0.1) is 18.0 Å². The van der Waals surface area contributed by atoms with Gasteiger partial charge in [-0.3, -0.25) is 4.79 Å². The summed E-state index contributed by atoms with van der Waals surface area (Å²) in [7, 11) is 3.47. The number of hydrogen-bond acceptors (Lipinski definition) is 6. The van der Waals surface area contributed by atoms with E-state index >= 15 is 0 Å². The van der Waals surface area contributed by atoms with Crippen LogP contribution in [0.4, 0.5) is 5.82 Å². The molecule has 0 unspecified atom stereocenters.